The van der Waals surface area contributed by atoms with Gasteiger partial charge in [0.1, 0.15) is 5.82 Å². The summed E-state index contributed by atoms with van der Waals surface area (Å²) in [5.41, 5.74) is 0.642. The van der Waals surface area contributed by atoms with Crippen LogP contribution in [0.1, 0.15) is 56.8 Å². The summed E-state index contributed by atoms with van der Waals surface area (Å²) >= 11 is 0. The number of aromatic nitrogens is 1. The summed E-state index contributed by atoms with van der Waals surface area (Å²) in [5, 5.41) is 6.38. The summed E-state index contributed by atoms with van der Waals surface area (Å²) in [6.07, 6.45) is 6.19. The van der Waals surface area contributed by atoms with Crippen LogP contribution >= 0.6 is 0 Å². The van der Waals surface area contributed by atoms with Gasteiger partial charge in [0.05, 0.1) is 5.56 Å². The van der Waals surface area contributed by atoms with Gasteiger partial charge in [-0.3, -0.25) is 4.79 Å². The Balaban J connectivity index is 1.91. The zero-order valence-corrected chi connectivity index (χ0v) is 13.4. The zero-order valence-electron chi connectivity index (χ0n) is 13.4. The number of pyridine rings is 1. The molecule has 4 heteroatoms. The average Bonchev–Trinajstić information content (AvgIpc) is 2.48. The van der Waals surface area contributed by atoms with Crippen LogP contribution in [0.5, 0.6) is 0 Å². The van der Waals surface area contributed by atoms with Crippen molar-refractivity contribution >= 4 is 11.7 Å². The molecule has 2 N–H and O–H groups in total. The third kappa shape index (κ3) is 4.45. The predicted molar refractivity (Wildman–Crippen MR) is 86.5 cm³/mol. The van der Waals surface area contributed by atoms with Crippen molar-refractivity contribution in [3.8, 4) is 0 Å². The van der Waals surface area contributed by atoms with Crippen LogP contribution in [0, 0.1) is 11.8 Å². The highest BCUT2D eigenvalue weighted by molar-refractivity contribution is 5.94. The second-order valence-electron chi connectivity index (χ2n) is 6.33. The molecule has 1 aromatic rings. The van der Waals surface area contributed by atoms with Crippen LogP contribution in [-0.2, 0) is 0 Å². The van der Waals surface area contributed by atoms with Gasteiger partial charge in [0.25, 0.3) is 5.91 Å². The first-order valence-electron chi connectivity index (χ1n) is 8.11. The third-order valence-electron chi connectivity index (χ3n) is 4.33. The van der Waals surface area contributed by atoms with Crippen LogP contribution in [0.2, 0.25) is 0 Å². The number of carbonyl (C=O) groups is 1. The van der Waals surface area contributed by atoms with Crippen molar-refractivity contribution in [3.63, 3.8) is 0 Å². The molecule has 116 valence electrons. The minimum Gasteiger partial charge on any atom is -0.370 e. The van der Waals surface area contributed by atoms with Crippen LogP contribution in [0.4, 0.5) is 5.82 Å². The molecule has 1 heterocycles. The van der Waals surface area contributed by atoms with Crippen molar-refractivity contribution in [3.05, 3.63) is 23.9 Å². The molecule has 1 aromatic heterocycles. The van der Waals surface area contributed by atoms with Crippen molar-refractivity contribution in [2.45, 2.75) is 52.5 Å². The van der Waals surface area contributed by atoms with Gasteiger partial charge in [-0.25, -0.2) is 4.98 Å². The Hall–Kier alpha value is -1.58. The normalized spacial score (nSPS) is 25.4. The molecule has 21 heavy (non-hydrogen) atoms. The Bertz CT molecular complexity index is 458. The number of anilines is 1. The molecule has 1 aliphatic carbocycles. The maximum atomic E-state index is 12.3. The molecular formula is C17H27N3O. The van der Waals surface area contributed by atoms with Gasteiger partial charge in [0.15, 0.2) is 0 Å². The van der Waals surface area contributed by atoms with Gasteiger partial charge in [-0.2, -0.15) is 0 Å². The van der Waals surface area contributed by atoms with Crippen LogP contribution in [-0.4, -0.2) is 23.5 Å². The Morgan fingerprint density at radius 2 is 2.14 bits per heavy atom. The summed E-state index contributed by atoms with van der Waals surface area (Å²) in [4.78, 5) is 16.6. The van der Waals surface area contributed by atoms with E-state index < -0.39 is 0 Å². The van der Waals surface area contributed by atoms with Crippen LogP contribution in [0.3, 0.4) is 0 Å². The lowest BCUT2D eigenvalue weighted by Gasteiger charge is -2.33. The van der Waals surface area contributed by atoms with E-state index in [2.05, 4.69) is 36.4 Å². The summed E-state index contributed by atoms with van der Waals surface area (Å²) in [7, 11) is 0. The first kappa shape index (κ1) is 15.8. The topological polar surface area (TPSA) is 54.0 Å². The molecule has 1 fully saturated rings. The lowest BCUT2D eigenvalue weighted by molar-refractivity contribution is 0.0899. The van der Waals surface area contributed by atoms with Crippen molar-refractivity contribution in [1.29, 1.82) is 0 Å². The Morgan fingerprint density at radius 1 is 1.33 bits per heavy atom. The molecule has 1 amide bonds. The molecule has 1 saturated carbocycles. The smallest absolute Gasteiger partial charge is 0.253 e. The molecule has 0 radical (unpaired) electrons. The maximum Gasteiger partial charge on any atom is 0.253 e. The first-order chi connectivity index (χ1) is 10.1. The molecule has 0 bridgehead atoms. The van der Waals surface area contributed by atoms with Gasteiger partial charge in [0.2, 0.25) is 0 Å². The molecule has 0 aromatic carbocycles. The van der Waals surface area contributed by atoms with E-state index >= 15 is 0 Å². The van der Waals surface area contributed by atoms with Crippen LogP contribution in [0.15, 0.2) is 18.3 Å². The van der Waals surface area contributed by atoms with Crippen molar-refractivity contribution in [2.75, 3.05) is 11.9 Å². The van der Waals surface area contributed by atoms with Gasteiger partial charge in [-0.15, -0.1) is 0 Å². The molecular weight excluding hydrogens is 262 g/mol. The van der Waals surface area contributed by atoms with Gasteiger partial charge in [-0.1, -0.05) is 20.8 Å². The Kier molecular flexibility index (Phi) is 5.59. The van der Waals surface area contributed by atoms with E-state index in [4.69, 9.17) is 0 Å². The number of nitrogens with one attached hydrogen (secondary N) is 2. The van der Waals surface area contributed by atoms with E-state index in [1.165, 1.54) is 12.8 Å². The number of hydrogen-bond acceptors (Lipinski definition) is 3. The molecule has 0 spiro atoms. The molecule has 0 aliphatic heterocycles. The summed E-state index contributed by atoms with van der Waals surface area (Å²) in [5.74, 6) is 2.15. The van der Waals surface area contributed by atoms with E-state index in [-0.39, 0.29) is 5.91 Å². The SMILES string of the molecule is CCCNc1ccc(C(=O)NC2CCC(C)CC2C)cn1. The molecule has 3 atom stereocenters. The fourth-order valence-electron chi connectivity index (χ4n) is 3.02. The Morgan fingerprint density at radius 3 is 2.76 bits per heavy atom. The molecule has 2 rings (SSSR count). The summed E-state index contributed by atoms with van der Waals surface area (Å²) in [6.45, 7) is 7.54. The largest absolute Gasteiger partial charge is 0.370 e. The first-order valence-corrected chi connectivity index (χ1v) is 8.11. The van der Waals surface area contributed by atoms with Crippen molar-refractivity contribution in [2.24, 2.45) is 11.8 Å². The van der Waals surface area contributed by atoms with Crippen LogP contribution < -0.4 is 10.6 Å². The zero-order chi connectivity index (χ0) is 15.2. The highest BCUT2D eigenvalue weighted by Gasteiger charge is 2.26. The van der Waals surface area contributed by atoms with Gasteiger partial charge in [-0.05, 0) is 49.7 Å². The number of rotatable bonds is 5. The predicted octanol–water partition coefficient (Wildman–Crippen LogP) is 3.46. The highest BCUT2D eigenvalue weighted by atomic mass is 16.1. The second kappa shape index (κ2) is 7.43. The van der Waals surface area contributed by atoms with Crippen molar-refractivity contribution < 1.29 is 4.79 Å². The Labute approximate surface area is 127 Å². The minimum atomic E-state index is -0.00376. The van der Waals surface area contributed by atoms with Crippen molar-refractivity contribution in [1.82, 2.24) is 10.3 Å². The number of hydrogen-bond donors (Lipinski definition) is 2. The molecule has 0 saturated heterocycles. The van der Waals surface area contributed by atoms with E-state index in [0.717, 1.165) is 31.1 Å². The number of nitrogens with zero attached hydrogens (tertiary/aromatic N) is 1. The molecule has 3 unspecified atom stereocenters. The van der Waals surface area contributed by atoms with E-state index in [9.17, 15) is 4.79 Å². The van der Waals surface area contributed by atoms with Gasteiger partial charge >= 0.3 is 0 Å². The minimum absolute atomic E-state index is 0.00376. The third-order valence-corrected chi connectivity index (χ3v) is 4.33. The fourth-order valence-corrected chi connectivity index (χ4v) is 3.02. The summed E-state index contributed by atoms with van der Waals surface area (Å²) in [6, 6.07) is 4.01. The maximum absolute atomic E-state index is 12.3. The number of amides is 1. The standard InChI is InChI=1S/C17H27N3O/c1-4-9-18-16-8-6-14(11-19-16)17(21)20-15-7-5-12(2)10-13(15)3/h6,8,11-13,15H,4-5,7,9-10H2,1-3H3,(H,18,19)(H,20,21). The second-order valence-corrected chi connectivity index (χ2v) is 6.33. The van der Waals surface area contributed by atoms with Crippen LogP contribution in [0.25, 0.3) is 0 Å². The molecule has 4 nitrogen and oxygen atoms in total. The number of carbonyl (C=O) groups excluding carboxylic acids is 1. The fraction of sp³-hybridized carbons (Fsp3) is 0.647. The van der Waals surface area contributed by atoms with Gasteiger partial charge in [0, 0.05) is 18.8 Å². The highest BCUT2D eigenvalue weighted by Crippen LogP contribution is 2.28. The van der Waals surface area contributed by atoms with E-state index in [1.807, 2.05) is 12.1 Å². The summed E-state index contributed by atoms with van der Waals surface area (Å²) < 4.78 is 0. The lowest BCUT2D eigenvalue weighted by atomic mass is 9.80. The molecule has 1 aliphatic rings. The van der Waals surface area contributed by atoms with E-state index in [1.54, 1.807) is 6.20 Å². The lowest BCUT2D eigenvalue weighted by Crippen LogP contribution is -2.42. The quantitative estimate of drug-likeness (QED) is 0.873. The average molecular weight is 289 g/mol. The monoisotopic (exact) mass is 289 g/mol. The van der Waals surface area contributed by atoms with Gasteiger partial charge < -0.3 is 10.6 Å². The van der Waals surface area contributed by atoms with E-state index in [0.29, 0.717) is 17.5 Å².